The van der Waals surface area contributed by atoms with Crippen LogP contribution in [-0.2, 0) is 4.74 Å². The van der Waals surface area contributed by atoms with Crippen molar-refractivity contribution < 1.29 is 14.9 Å². The Kier molecular flexibility index (Phi) is 3.06. The lowest BCUT2D eigenvalue weighted by Gasteiger charge is -2.14. The van der Waals surface area contributed by atoms with Crippen LogP contribution in [0.4, 0.5) is 5.95 Å². The van der Waals surface area contributed by atoms with Gasteiger partial charge in [0.15, 0.2) is 0 Å². The van der Waals surface area contributed by atoms with Gasteiger partial charge in [0.05, 0.1) is 18.1 Å². The first-order chi connectivity index (χ1) is 9.10. The number of aromatic nitrogens is 3. The lowest BCUT2D eigenvalue weighted by molar-refractivity contribution is -0.0430. The topological polar surface area (TPSA) is 106 Å². The molecule has 3 rings (SSSR count). The predicted octanol–water partition coefficient (Wildman–Crippen LogP) is 0.308. The molecule has 1 fully saturated rings. The minimum Gasteiger partial charge on any atom is -0.394 e. The highest BCUT2D eigenvalue weighted by molar-refractivity contribution is 6.34. The molecule has 0 aliphatic carbocycles. The Bertz CT molecular complexity index is 617. The maximum absolute atomic E-state index is 9.76. The maximum Gasteiger partial charge on any atom is 0.223 e. The molecule has 102 valence electrons. The van der Waals surface area contributed by atoms with E-state index in [9.17, 15) is 5.11 Å². The van der Waals surface area contributed by atoms with Gasteiger partial charge in [-0.05, 0) is 6.07 Å². The number of rotatable bonds is 2. The predicted molar refractivity (Wildman–Crippen MR) is 68.6 cm³/mol. The molecule has 1 aliphatic heterocycles. The second-order valence-corrected chi connectivity index (χ2v) is 4.81. The first kappa shape index (κ1) is 12.6. The Morgan fingerprint density at radius 3 is 3.00 bits per heavy atom. The Balaban J connectivity index is 2.02. The molecule has 0 saturated carbocycles. The highest BCUT2D eigenvalue weighted by Crippen LogP contribution is 2.32. The molecule has 2 aromatic heterocycles. The van der Waals surface area contributed by atoms with E-state index in [2.05, 4.69) is 9.97 Å². The molecule has 0 bridgehead atoms. The van der Waals surface area contributed by atoms with Crippen molar-refractivity contribution in [3.8, 4) is 0 Å². The lowest BCUT2D eigenvalue weighted by atomic mass is 10.2. The summed E-state index contributed by atoms with van der Waals surface area (Å²) < 4.78 is 7.31. The zero-order valence-electron chi connectivity index (χ0n) is 9.90. The summed E-state index contributed by atoms with van der Waals surface area (Å²) in [4.78, 5) is 8.01. The van der Waals surface area contributed by atoms with Gasteiger partial charge in [-0.15, -0.1) is 0 Å². The largest absolute Gasteiger partial charge is 0.394 e. The molecule has 0 amide bonds. The zero-order chi connectivity index (χ0) is 13.6. The second kappa shape index (κ2) is 4.61. The van der Waals surface area contributed by atoms with Gasteiger partial charge in [0.1, 0.15) is 23.1 Å². The number of fused-ring (bicyclic) bond motifs is 1. The molecule has 1 saturated heterocycles. The first-order valence-electron chi connectivity index (χ1n) is 5.84. The molecular weight excluding hydrogens is 272 g/mol. The fraction of sp³-hybridized carbons (Fsp3) is 0.455. The summed E-state index contributed by atoms with van der Waals surface area (Å²) in [7, 11) is 0. The van der Waals surface area contributed by atoms with Crippen LogP contribution in [0.1, 0.15) is 12.6 Å². The first-order valence-corrected chi connectivity index (χ1v) is 6.22. The smallest absolute Gasteiger partial charge is 0.223 e. The van der Waals surface area contributed by atoms with E-state index in [0.29, 0.717) is 17.5 Å². The highest BCUT2D eigenvalue weighted by Gasteiger charge is 2.35. The number of hydrogen-bond donors (Lipinski definition) is 3. The molecule has 3 heterocycles. The number of hydrogen-bond acceptors (Lipinski definition) is 6. The summed E-state index contributed by atoms with van der Waals surface area (Å²) >= 11 is 5.99. The number of halogens is 1. The molecule has 8 heteroatoms. The van der Waals surface area contributed by atoms with E-state index >= 15 is 0 Å². The van der Waals surface area contributed by atoms with Crippen LogP contribution in [0.15, 0.2) is 12.3 Å². The summed E-state index contributed by atoms with van der Waals surface area (Å²) in [6, 6.07) is 1.76. The van der Waals surface area contributed by atoms with Crippen molar-refractivity contribution >= 4 is 28.6 Å². The van der Waals surface area contributed by atoms with Crippen LogP contribution < -0.4 is 5.73 Å². The SMILES string of the molecule is Nc1nc(Cl)c2ccn([C@H]3C[C@@H](O)[C@@H](CO)O3)c2n1. The Morgan fingerprint density at radius 1 is 1.53 bits per heavy atom. The van der Waals surface area contributed by atoms with Crippen LogP contribution in [0.2, 0.25) is 5.15 Å². The minimum absolute atomic E-state index is 0.0784. The molecule has 0 spiro atoms. The lowest BCUT2D eigenvalue weighted by Crippen LogP contribution is -2.24. The third-order valence-corrected chi connectivity index (χ3v) is 3.53. The van der Waals surface area contributed by atoms with Gasteiger partial charge in [0.25, 0.3) is 0 Å². The average molecular weight is 285 g/mol. The van der Waals surface area contributed by atoms with Crippen LogP contribution in [-0.4, -0.2) is 43.6 Å². The molecule has 0 radical (unpaired) electrons. The maximum atomic E-state index is 9.76. The van der Waals surface area contributed by atoms with Gasteiger partial charge in [-0.1, -0.05) is 11.6 Å². The van der Waals surface area contributed by atoms with Gasteiger partial charge in [0.2, 0.25) is 5.95 Å². The monoisotopic (exact) mass is 284 g/mol. The van der Waals surface area contributed by atoms with E-state index in [1.807, 2.05) is 0 Å². The third-order valence-electron chi connectivity index (χ3n) is 3.24. The third kappa shape index (κ3) is 2.04. The van der Waals surface area contributed by atoms with Crippen LogP contribution in [0.5, 0.6) is 0 Å². The van der Waals surface area contributed by atoms with Gasteiger partial charge < -0.3 is 25.3 Å². The molecule has 0 aromatic carbocycles. The molecule has 0 unspecified atom stereocenters. The number of aliphatic hydroxyl groups excluding tert-OH is 2. The standard InChI is InChI=1S/C11H13ClN4O3/c12-9-5-1-2-16(10(5)15-11(13)14-9)8-3-6(18)7(4-17)19-8/h1-2,6-8,17-18H,3-4H2,(H2,13,14,15)/t6-,7-,8-/m1/s1. The number of aliphatic hydroxyl groups is 2. The van der Waals surface area contributed by atoms with E-state index in [1.54, 1.807) is 16.8 Å². The number of nitrogen functional groups attached to an aromatic ring is 1. The zero-order valence-corrected chi connectivity index (χ0v) is 10.7. The summed E-state index contributed by atoms with van der Waals surface area (Å²) in [6.07, 6.45) is 0.424. The van der Waals surface area contributed by atoms with Crippen molar-refractivity contribution in [2.45, 2.75) is 24.9 Å². The highest BCUT2D eigenvalue weighted by atomic mass is 35.5. The molecule has 1 aliphatic rings. The summed E-state index contributed by atoms with van der Waals surface area (Å²) in [5.74, 6) is 0.0784. The molecule has 4 N–H and O–H groups in total. The fourth-order valence-corrected chi connectivity index (χ4v) is 2.53. The van der Waals surface area contributed by atoms with Crippen LogP contribution in [0.25, 0.3) is 11.0 Å². The summed E-state index contributed by atoms with van der Waals surface area (Å²) in [6.45, 7) is -0.227. The quantitative estimate of drug-likeness (QED) is 0.685. The van der Waals surface area contributed by atoms with Gasteiger partial charge in [-0.2, -0.15) is 4.98 Å². The van der Waals surface area contributed by atoms with Gasteiger partial charge in [-0.25, -0.2) is 4.98 Å². The van der Waals surface area contributed by atoms with E-state index in [4.69, 9.17) is 27.2 Å². The Morgan fingerprint density at radius 2 is 2.32 bits per heavy atom. The summed E-state index contributed by atoms with van der Waals surface area (Å²) in [5.41, 5.74) is 6.13. The van der Waals surface area contributed by atoms with Crippen LogP contribution >= 0.6 is 11.6 Å². The number of ether oxygens (including phenoxy) is 1. The summed E-state index contributed by atoms with van der Waals surface area (Å²) in [5, 5.41) is 19.8. The van der Waals surface area contributed by atoms with Crippen molar-refractivity contribution in [1.29, 1.82) is 0 Å². The van der Waals surface area contributed by atoms with Crippen molar-refractivity contribution in [2.75, 3.05) is 12.3 Å². The van der Waals surface area contributed by atoms with Gasteiger partial charge >= 0.3 is 0 Å². The number of nitrogens with two attached hydrogens (primary N) is 1. The number of nitrogens with zero attached hydrogens (tertiary/aromatic N) is 3. The van der Waals surface area contributed by atoms with Crippen molar-refractivity contribution in [1.82, 2.24) is 14.5 Å². The Labute approximate surface area is 113 Å². The minimum atomic E-state index is -0.706. The molecule has 2 aromatic rings. The van der Waals surface area contributed by atoms with E-state index in [0.717, 1.165) is 0 Å². The molecule has 7 nitrogen and oxygen atoms in total. The van der Waals surface area contributed by atoms with E-state index in [1.165, 1.54) is 0 Å². The number of anilines is 1. The van der Waals surface area contributed by atoms with Crippen molar-refractivity contribution in [3.05, 3.63) is 17.4 Å². The van der Waals surface area contributed by atoms with E-state index < -0.39 is 18.4 Å². The van der Waals surface area contributed by atoms with Crippen LogP contribution in [0.3, 0.4) is 0 Å². The molecule has 19 heavy (non-hydrogen) atoms. The Hall–Kier alpha value is -1.41. The van der Waals surface area contributed by atoms with Crippen molar-refractivity contribution in [3.63, 3.8) is 0 Å². The van der Waals surface area contributed by atoms with Crippen LogP contribution in [0, 0.1) is 0 Å². The normalized spacial score (nSPS) is 27.2. The fourth-order valence-electron chi connectivity index (χ4n) is 2.29. The average Bonchev–Trinajstić information content (AvgIpc) is 2.92. The molecular formula is C11H13ClN4O3. The second-order valence-electron chi connectivity index (χ2n) is 4.45. The molecule has 3 atom stereocenters. The van der Waals surface area contributed by atoms with E-state index in [-0.39, 0.29) is 17.7 Å². The van der Waals surface area contributed by atoms with Gasteiger partial charge in [-0.3, -0.25) is 0 Å². The van der Waals surface area contributed by atoms with Gasteiger partial charge in [0, 0.05) is 12.6 Å². The van der Waals surface area contributed by atoms with Crippen molar-refractivity contribution in [2.24, 2.45) is 0 Å².